The number of hydrogen-bond donors (Lipinski definition) is 4. The van der Waals surface area contributed by atoms with E-state index in [0.29, 0.717) is 0 Å². The molecule has 0 amide bonds. The number of hydrogen-bond acceptors (Lipinski definition) is 5. The maximum atomic E-state index is 9.75. The van der Waals surface area contributed by atoms with Crippen LogP contribution in [0.2, 0.25) is 0 Å². The molecule has 0 aromatic carbocycles. The molecule has 0 aliphatic heterocycles. The highest BCUT2D eigenvalue weighted by Gasteiger charge is 2.20. The minimum Gasteiger partial charge on any atom is -0.478 e. The lowest BCUT2D eigenvalue weighted by molar-refractivity contribution is -0.159. The average Bonchev–Trinajstić information content (AvgIpc) is 2.16. The number of allylic oxidation sites excluding steroid dienone is 3. The normalized spacial score (nSPS) is 16.4. The summed E-state index contributed by atoms with van der Waals surface area (Å²) < 4.78 is 0. The fourth-order valence-electron chi connectivity index (χ4n) is 1.19. The Hall–Kier alpha value is -1.21. The first-order valence-electron chi connectivity index (χ1n) is 5.58. The zero-order valence-corrected chi connectivity index (χ0v) is 11.2. The molecule has 0 saturated carbocycles. The maximum absolute atomic E-state index is 9.75. The van der Waals surface area contributed by atoms with Crippen molar-refractivity contribution in [2.45, 2.75) is 46.4 Å². The van der Waals surface area contributed by atoms with E-state index in [0.717, 1.165) is 6.08 Å². The molecule has 18 heavy (non-hydrogen) atoms. The van der Waals surface area contributed by atoms with Gasteiger partial charge in [0.2, 0.25) is 0 Å². The molecule has 3 atom stereocenters. The zero-order chi connectivity index (χ0) is 14.7. The van der Waals surface area contributed by atoms with Crippen molar-refractivity contribution in [2.75, 3.05) is 0 Å². The second-order valence-electron chi connectivity index (χ2n) is 3.57. The standard InChI is InChI=1S/C6H15NO3.C6H8O2/c1-4(8)7(5(2)9)6(3)10;1-2-3-4-5-6(7)8/h4-6,8-10H,1-3H3;2-5H,1H3,(H,7,8)/b;3-2+,5-4+. The van der Waals surface area contributed by atoms with Gasteiger partial charge in [-0.05, 0) is 27.7 Å². The predicted octanol–water partition coefficient (Wildman–Crippen LogP) is 0.507. The summed E-state index contributed by atoms with van der Waals surface area (Å²) in [6.07, 6.45) is 3.48. The maximum Gasteiger partial charge on any atom is 0.328 e. The van der Waals surface area contributed by atoms with Crippen LogP contribution in [-0.4, -0.2) is 50.0 Å². The fraction of sp³-hybridized carbons (Fsp3) is 0.583. The van der Waals surface area contributed by atoms with Crippen LogP contribution in [-0.2, 0) is 4.79 Å². The van der Waals surface area contributed by atoms with Crippen LogP contribution in [0.3, 0.4) is 0 Å². The van der Waals surface area contributed by atoms with Crippen LogP contribution >= 0.6 is 0 Å². The Morgan fingerprint density at radius 2 is 1.39 bits per heavy atom. The third-order valence-electron chi connectivity index (χ3n) is 1.84. The molecule has 0 bridgehead atoms. The Balaban J connectivity index is 0. The number of rotatable bonds is 5. The fourth-order valence-corrected chi connectivity index (χ4v) is 1.19. The number of aliphatic carboxylic acids is 1. The van der Waals surface area contributed by atoms with Crippen molar-refractivity contribution in [1.82, 2.24) is 4.90 Å². The number of aliphatic hydroxyl groups excluding tert-OH is 3. The third-order valence-corrected chi connectivity index (χ3v) is 1.84. The molecule has 106 valence electrons. The lowest BCUT2D eigenvalue weighted by Crippen LogP contribution is -2.45. The van der Waals surface area contributed by atoms with Gasteiger partial charge in [0.25, 0.3) is 0 Å². The Morgan fingerprint density at radius 1 is 1.00 bits per heavy atom. The van der Waals surface area contributed by atoms with Crippen LogP contribution in [0.5, 0.6) is 0 Å². The van der Waals surface area contributed by atoms with E-state index in [1.54, 1.807) is 12.2 Å². The van der Waals surface area contributed by atoms with Gasteiger partial charge in [0, 0.05) is 6.08 Å². The van der Waals surface area contributed by atoms with Gasteiger partial charge < -0.3 is 20.4 Å². The summed E-state index contributed by atoms with van der Waals surface area (Å²) in [6, 6.07) is 0. The van der Waals surface area contributed by atoms with E-state index < -0.39 is 24.7 Å². The Labute approximate surface area is 107 Å². The molecular formula is C12H23NO5. The van der Waals surface area contributed by atoms with Gasteiger partial charge in [-0.25, -0.2) is 9.69 Å². The quantitative estimate of drug-likeness (QED) is 0.327. The molecule has 0 spiro atoms. The van der Waals surface area contributed by atoms with Gasteiger partial charge >= 0.3 is 5.97 Å². The van der Waals surface area contributed by atoms with Gasteiger partial charge in [0.15, 0.2) is 0 Å². The van der Waals surface area contributed by atoms with Crippen molar-refractivity contribution in [3.05, 3.63) is 24.3 Å². The molecule has 0 aliphatic rings. The first-order chi connectivity index (χ1) is 8.23. The minimum atomic E-state index is -0.914. The number of carboxylic acids is 1. The van der Waals surface area contributed by atoms with Crippen molar-refractivity contribution < 1.29 is 25.2 Å². The molecule has 0 heterocycles. The van der Waals surface area contributed by atoms with Crippen molar-refractivity contribution in [3.8, 4) is 0 Å². The van der Waals surface area contributed by atoms with E-state index in [-0.39, 0.29) is 0 Å². The van der Waals surface area contributed by atoms with Crippen molar-refractivity contribution >= 4 is 5.97 Å². The molecule has 0 fully saturated rings. The molecule has 4 N–H and O–H groups in total. The third kappa shape index (κ3) is 11.3. The van der Waals surface area contributed by atoms with Crippen LogP contribution in [0.4, 0.5) is 0 Å². The molecule has 6 heteroatoms. The van der Waals surface area contributed by atoms with E-state index in [2.05, 4.69) is 0 Å². The topological polar surface area (TPSA) is 101 Å². The molecule has 0 saturated heterocycles. The largest absolute Gasteiger partial charge is 0.478 e. The molecule has 0 aliphatic carbocycles. The van der Waals surface area contributed by atoms with Gasteiger partial charge in [-0.3, -0.25) is 0 Å². The average molecular weight is 261 g/mol. The van der Waals surface area contributed by atoms with Crippen LogP contribution in [0.1, 0.15) is 27.7 Å². The Bertz CT molecular complexity index is 253. The Kier molecular flexibility index (Phi) is 11.6. The number of nitrogens with zero attached hydrogens (tertiary/aromatic N) is 1. The first-order valence-corrected chi connectivity index (χ1v) is 5.58. The Morgan fingerprint density at radius 3 is 1.56 bits per heavy atom. The van der Waals surface area contributed by atoms with Gasteiger partial charge in [0.1, 0.15) is 18.7 Å². The minimum absolute atomic E-state index is 0.833. The number of carboxylic acid groups (broad SMARTS) is 1. The van der Waals surface area contributed by atoms with E-state index >= 15 is 0 Å². The predicted molar refractivity (Wildman–Crippen MR) is 68.5 cm³/mol. The van der Waals surface area contributed by atoms with Gasteiger partial charge in [0.05, 0.1) is 0 Å². The SMILES string of the molecule is C/C=C/C=C/C(=O)O.CC(O)N(C(C)O)C(C)O. The van der Waals surface area contributed by atoms with Gasteiger partial charge in [-0.1, -0.05) is 18.2 Å². The monoisotopic (exact) mass is 261 g/mol. The molecule has 0 aromatic heterocycles. The van der Waals surface area contributed by atoms with Crippen LogP contribution in [0.25, 0.3) is 0 Å². The van der Waals surface area contributed by atoms with Crippen molar-refractivity contribution in [1.29, 1.82) is 0 Å². The van der Waals surface area contributed by atoms with E-state index in [1.807, 2.05) is 6.92 Å². The molecule has 3 unspecified atom stereocenters. The summed E-state index contributed by atoms with van der Waals surface area (Å²) >= 11 is 0. The molecule has 0 aromatic rings. The van der Waals surface area contributed by atoms with E-state index in [9.17, 15) is 4.79 Å². The summed E-state index contributed by atoms with van der Waals surface area (Å²) in [5.74, 6) is -0.914. The highest BCUT2D eigenvalue weighted by atomic mass is 16.4. The zero-order valence-electron chi connectivity index (χ0n) is 11.2. The van der Waals surface area contributed by atoms with Crippen molar-refractivity contribution in [2.24, 2.45) is 0 Å². The number of carbonyl (C=O) groups is 1. The number of aliphatic hydroxyl groups is 3. The highest BCUT2D eigenvalue weighted by Crippen LogP contribution is 2.04. The summed E-state index contributed by atoms with van der Waals surface area (Å²) in [5.41, 5.74) is 0. The highest BCUT2D eigenvalue weighted by molar-refractivity contribution is 5.80. The van der Waals surface area contributed by atoms with Crippen LogP contribution in [0.15, 0.2) is 24.3 Å². The lowest BCUT2D eigenvalue weighted by Gasteiger charge is -2.30. The van der Waals surface area contributed by atoms with Gasteiger partial charge in [-0.15, -0.1) is 0 Å². The van der Waals surface area contributed by atoms with Crippen LogP contribution in [0, 0.1) is 0 Å². The van der Waals surface area contributed by atoms with E-state index in [1.165, 1.54) is 31.7 Å². The van der Waals surface area contributed by atoms with Crippen molar-refractivity contribution in [3.63, 3.8) is 0 Å². The molecule has 0 rings (SSSR count). The van der Waals surface area contributed by atoms with E-state index in [4.69, 9.17) is 20.4 Å². The summed E-state index contributed by atoms with van der Waals surface area (Å²) in [6.45, 7) is 6.28. The smallest absolute Gasteiger partial charge is 0.328 e. The molecule has 6 nitrogen and oxygen atoms in total. The lowest BCUT2D eigenvalue weighted by atomic mass is 10.4. The second-order valence-corrected chi connectivity index (χ2v) is 3.57. The summed E-state index contributed by atoms with van der Waals surface area (Å²) in [5, 5.41) is 34.9. The first kappa shape index (κ1) is 19.1. The second kappa shape index (κ2) is 10.9. The van der Waals surface area contributed by atoms with Crippen LogP contribution < -0.4 is 0 Å². The molecule has 0 radical (unpaired) electrons. The summed E-state index contributed by atoms with van der Waals surface area (Å²) in [7, 11) is 0. The molecular weight excluding hydrogens is 238 g/mol. The van der Waals surface area contributed by atoms with Gasteiger partial charge in [-0.2, -0.15) is 0 Å². The summed E-state index contributed by atoms with van der Waals surface area (Å²) in [4.78, 5) is 10.9.